The molecule has 4 rings (SSSR count). The van der Waals surface area contributed by atoms with Crippen LogP contribution in [-0.2, 0) is 25.7 Å². The van der Waals surface area contributed by atoms with Crippen molar-refractivity contribution in [3.8, 4) is 0 Å². The lowest BCUT2D eigenvalue weighted by Crippen LogP contribution is -2.52. The van der Waals surface area contributed by atoms with E-state index in [2.05, 4.69) is 34.1 Å². The highest BCUT2D eigenvalue weighted by Gasteiger charge is 2.33. The Balaban J connectivity index is 1.48. The maximum atomic E-state index is 13.5. The number of halogens is 3. The van der Waals surface area contributed by atoms with Crippen LogP contribution in [0.15, 0.2) is 84.9 Å². The molecule has 1 aliphatic rings. The standard InChI is InChI=1S/C27H29F3N2/c28-27(29,30)26-14-8-7-13-24(26)15-16-25-21-31(19-22-9-3-1-4-10-22)17-18-32(25)20-23-11-5-2-6-12-23/h1-14,25H,15-21H2. The van der Waals surface area contributed by atoms with Crippen LogP contribution in [0.5, 0.6) is 0 Å². The molecule has 3 aromatic rings. The molecule has 0 N–H and O–H groups in total. The van der Waals surface area contributed by atoms with Gasteiger partial charge in [-0.3, -0.25) is 9.80 Å². The monoisotopic (exact) mass is 438 g/mol. The van der Waals surface area contributed by atoms with Crippen LogP contribution in [0.3, 0.4) is 0 Å². The van der Waals surface area contributed by atoms with Crippen LogP contribution < -0.4 is 0 Å². The number of piperazine rings is 1. The van der Waals surface area contributed by atoms with Crippen LogP contribution in [0, 0.1) is 0 Å². The summed E-state index contributed by atoms with van der Waals surface area (Å²) in [6.45, 7) is 4.42. The number of hydrogen-bond acceptors (Lipinski definition) is 2. The summed E-state index contributed by atoms with van der Waals surface area (Å²) in [6, 6.07) is 26.9. The first-order valence-corrected chi connectivity index (χ1v) is 11.2. The van der Waals surface area contributed by atoms with Crippen molar-refractivity contribution in [1.29, 1.82) is 0 Å². The van der Waals surface area contributed by atoms with Crippen LogP contribution in [0.4, 0.5) is 13.2 Å². The Hall–Kier alpha value is -2.63. The van der Waals surface area contributed by atoms with Gasteiger partial charge in [0, 0.05) is 38.8 Å². The molecule has 0 aromatic heterocycles. The second kappa shape index (κ2) is 10.3. The first kappa shape index (κ1) is 22.6. The summed E-state index contributed by atoms with van der Waals surface area (Å²) in [4.78, 5) is 4.87. The first-order chi connectivity index (χ1) is 15.5. The maximum Gasteiger partial charge on any atom is 0.416 e. The van der Waals surface area contributed by atoms with Crippen molar-refractivity contribution < 1.29 is 13.2 Å². The highest BCUT2D eigenvalue weighted by molar-refractivity contribution is 5.30. The largest absolute Gasteiger partial charge is 0.416 e. The molecule has 1 atom stereocenters. The molecule has 1 fully saturated rings. The van der Waals surface area contributed by atoms with E-state index in [0.29, 0.717) is 18.4 Å². The molecule has 0 radical (unpaired) electrons. The van der Waals surface area contributed by atoms with Crippen molar-refractivity contribution in [2.45, 2.75) is 38.1 Å². The van der Waals surface area contributed by atoms with Crippen LogP contribution >= 0.6 is 0 Å². The molecule has 2 nitrogen and oxygen atoms in total. The average molecular weight is 439 g/mol. The average Bonchev–Trinajstić information content (AvgIpc) is 2.80. The normalized spacial score (nSPS) is 18.0. The van der Waals surface area contributed by atoms with Gasteiger partial charge in [-0.15, -0.1) is 0 Å². The van der Waals surface area contributed by atoms with E-state index in [9.17, 15) is 13.2 Å². The molecule has 0 aliphatic carbocycles. The summed E-state index contributed by atoms with van der Waals surface area (Å²) >= 11 is 0. The van der Waals surface area contributed by atoms with Crippen molar-refractivity contribution in [2.24, 2.45) is 0 Å². The van der Waals surface area contributed by atoms with Gasteiger partial charge in [0.2, 0.25) is 0 Å². The van der Waals surface area contributed by atoms with Gasteiger partial charge in [-0.2, -0.15) is 13.2 Å². The zero-order chi connectivity index (χ0) is 22.4. The highest BCUT2D eigenvalue weighted by Crippen LogP contribution is 2.33. The predicted molar refractivity (Wildman–Crippen MR) is 122 cm³/mol. The first-order valence-electron chi connectivity index (χ1n) is 11.2. The SMILES string of the molecule is FC(F)(F)c1ccccc1CCC1CN(Cc2ccccc2)CCN1Cc1ccccc1. The van der Waals surface area contributed by atoms with Gasteiger partial charge in [-0.1, -0.05) is 78.9 Å². The Bertz CT molecular complexity index is 973. The number of nitrogens with zero attached hydrogens (tertiary/aromatic N) is 2. The van der Waals surface area contributed by atoms with Gasteiger partial charge >= 0.3 is 6.18 Å². The van der Waals surface area contributed by atoms with Crippen LogP contribution in [0.25, 0.3) is 0 Å². The highest BCUT2D eigenvalue weighted by atomic mass is 19.4. The van der Waals surface area contributed by atoms with Crippen LogP contribution in [0.2, 0.25) is 0 Å². The molecule has 0 spiro atoms. The lowest BCUT2D eigenvalue weighted by molar-refractivity contribution is -0.138. The van der Waals surface area contributed by atoms with Gasteiger partial charge in [-0.25, -0.2) is 0 Å². The minimum absolute atomic E-state index is 0.203. The van der Waals surface area contributed by atoms with Gasteiger partial charge in [-0.05, 0) is 35.6 Å². The summed E-state index contributed by atoms with van der Waals surface area (Å²) in [7, 11) is 0. The van der Waals surface area contributed by atoms with E-state index in [0.717, 1.165) is 32.7 Å². The molecule has 1 heterocycles. The Morgan fingerprint density at radius 1 is 0.719 bits per heavy atom. The fraction of sp³-hybridized carbons (Fsp3) is 0.333. The fourth-order valence-electron chi connectivity index (χ4n) is 4.58. The number of benzene rings is 3. The van der Waals surface area contributed by atoms with E-state index in [1.54, 1.807) is 12.1 Å². The van der Waals surface area contributed by atoms with Crippen LogP contribution in [-0.4, -0.2) is 35.5 Å². The summed E-state index contributed by atoms with van der Waals surface area (Å²) in [6.07, 6.45) is -3.19. The summed E-state index contributed by atoms with van der Waals surface area (Å²) < 4.78 is 40.4. The van der Waals surface area contributed by atoms with Gasteiger partial charge in [0.25, 0.3) is 0 Å². The quantitative estimate of drug-likeness (QED) is 0.445. The third-order valence-corrected chi connectivity index (χ3v) is 6.24. The Morgan fingerprint density at radius 2 is 1.31 bits per heavy atom. The fourth-order valence-corrected chi connectivity index (χ4v) is 4.58. The minimum atomic E-state index is -4.31. The number of hydrogen-bond donors (Lipinski definition) is 0. The Kier molecular flexibility index (Phi) is 7.28. The third-order valence-electron chi connectivity index (χ3n) is 6.24. The van der Waals surface area contributed by atoms with E-state index >= 15 is 0 Å². The molecule has 32 heavy (non-hydrogen) atoms. The molecular weight excluding hydrogens is 409 g/mol. The molecule has 0 bridgehead atoms. The van der Waals surface area contributed by atoms with E-state index in [1.165, 1.54) is 23.3 Å². The van der Waals surface area contributed by atoms with E-state index in [4.69, 9.17) is 0 Å². The lowest BCUT2D eigenvalue weighted by Gasteiger charge is -2.42. The second-order valence-corrected chi connectivity index (χ2v) is 8.52. The van der Waals surface area contributed by atoms with E-state index < -0.39 is 11.7 Å². The molecular formula is C27H29F3N2. The maximum absolute atomic E-state index is 13.5. The number of aryl methyl sites for hydroxylation is 1. The zero-order valence-corrected chi connectivity index (χ0v) is 18.1. The van der Waals surface area contributed by atoms with Crippen molar-refractivity contribution in [2.75, 3.05) is 19.6 Å². The molecule has 1 aliphatic heterocycles. The van der Waals surface area contributed by atoms with Crippen molar-refractivity contribution in [3.05, 3.63) is 107 Å². The topological polar surface area (TPSA) is 6.48 Å². The molecule has 3 aromatic carbocycles. The second-order valence-electron chi connectivity index (χ2n) is 8.52. The smallest absolute Gasteiger partial charge is 0.296 e. The summed E-state index contributed by atoms with van der Waals surface area (Å²) in [5.41, 5.74) is 2.39. The molecule has 1 saturated heterocycles. The number of alkyl halides is 3. The predicted octanol–water partition coefficient (Wildman–Crippen LogP) is 6.02. The van der Waals surface area contributed by atoms with Crippen LogP contribution in [0.1, 0.15) is 28.7 Å². The van der Waals surface area contributed by atoms with Gasteiger partial charge < -0.3 is 0 Å². The molecule has 5 heteroatoms. The zero-order valence-electron chi connectivity index (χ0n) is 18.1. The van der Waals surface area contributed by atoms with Gasteiger partial charge in [0.1, 0.15) is 0 Å². The van der Waals surface area contributed by atoms with E-state index in [1.807, 2.05) is 36.4 Å². The van der Waals surface area contributed by atoms with Crippen molar-refractivity contribution in [3.63, 3.8) is 0 Å². The Labute approximate surface area is 188 Å². The van der Waals surface area contributed by atoms with Crippen molar-refractivity contribution in [1.82, 2.24) is 9.80 Å². The Morgan fingerprint density at radius 3 is 1.97 bits per heavy atom. The van der Waals surface area contributed by atoms with E-state index in [-0.39, 0.29) is 6.04 Å². The van der Waals surface area contributed by atoms with Gasteiger partial charge in [0.15, 0.2) is 0 Å². The van der Waals surface area contributed by atoms with Crippen molar-refractivity contribution >= 4 is 0 Å². The molecule has 0 amide bonds. The molecule has 168 valence electrons. The minimum Gasteiger partial charge on any atom is -0.296 e. The number of rotatable bonds is 7. The summed E-state index contributed by atoms with van der Waals surface area (Å²) in [5, 5.41) is 0. The molecule has 1 unspecified atom stereocenters. The summed E-state index contributed by atoms with van der Waals surface area (Å²) in [5.74, 6) is 0. The lowest BCUT2D eigenvalue weighted by atomic mass is 9.97. The van der Waals surface area contributed by atoms with Gasteiger partial charge in [0.05, 0.1) is 5.56 Å². The molecule has 0 saturated carbocycles. The third kappa shape index (κ3) is 5.99.